The van der Waals surface area contributed by atoms with Crippen molar-refractivity contribution >= 4 is 0 Å². The van der Waals surface area contributed by atoms with Crippen molar-refractivity contribution in [1.82, 2.24) is 0 Å². The molecule has 3 heteroatoms. The Labute approximate surface area is 107 Å². The summed E-state index contributed by atoms with van der Waals surface area (Å²) in [6, 6.07) is 3.89. The molecule has 1 nitrogen and oxygen atoms in total. The fraction of sp³-hybridized carbons (Fsp3) is 0.600. The monoisotopic (exact) mass is 253 g/mol. The summed E-state index contributed by atoms with van der Waals surface area (Å²) in [5.74, 6) is -0.00285. The summed E-state index contributed by atoms with van der Waals surface area (Å²) >= 11 is 0. The highest BCUT2D eigenvalue weighted by molar-refractivity contribution is 5.19. The van der Waals surface area contributed by atoms with Crippen LogP contribution in [0.4, 0.5) is 8.78 Å². The van der Waals surface area contributed by atoms with E-state index in [-0.39, 0.29) is 0 Å². The first kappa shape index (κ1) is 13.5. The van der Waals surface area contributed by atoms with Crippen LogP contribution in [-0.4, -0.2) is 6.54 Å². The van der Waals surface area contributed by atoms with E-state index >= 15 is 0 Å². The van der Waals surface area contributed by atoms with Gasteiger partial charge in [-0.15, -0.1) is 0 Å². The number of rotatable bonds is 3. The molecule has 0 aliphatic heterocycles. The van der Waals surface area contributed by atoms with Crippen LogP contribution in [-0.2, 0) is 6.42 Å². The van der Waals surface area contributed by atoms with E-state index in [4.69, 9.17) is 5.73 Å². The molecule has 0 saturated heterocycles. The fourth-order valence-electron chi connectivity index (χ4n) is 3.01. The second kappa shape index (κ2) is 6.28. The quantitative estimate of drug-likeness (QED) is 0.817. The Morgan fingerprint density at radius 1 is 1.06 bits per heavy atom. The standard InChI is InChI=1S/C15H21F2N/c16-14-7-6-12(15(17)9-14)8-11-4-2-1-3-5-13(11)10-18/h6-7,9,11,13H,1-5,8,10,18H2. The molecule has 18 heavy (non-hydrogen) atoms. The molecule has 1 saturated carbocycles. The minimum absolute atomic E-state index is 0.421. The Bertz CT molecular complexity index is 392. The van der Waals surface area contributed by atoms with Gasteiger partial charge in [0, 0.05) is 6.07 Å². The number of hydrogen-bond acceptors (Lipinski definition) is 1. The third kappa shape index (κ3) is 3.29. The highest BCUT2D eigenvalue weighted by Gasteiger charge is 2.23. The number of benzene rings is 1. The van der Waals surface area contributed by atoms with Gasteiger partial charge in [0.2, 0.25) is 0 Å². The molecule has 0 radical (unpaired) electrons. The summed E-state index contributed by atoms with van der Waals surface area (Å²) in [6.45, 7) is 0.674. The van der Waals surface area contributed by atoms with E-state index in [0.29, 0.717) is 30.4 Å². The number of halogens is 2. The minimum atomic E-state index is -0.507. The Morgan fingerprint density at radius 2 is 1.78 bits per heavy atom. The van der Waals surface area contributed by atoms with Gasteiger partial charge in [0.05, 0.1) is 0 Å². The van der Waals surface area contributed by atoms with Crippen LogP contribution < -0.4 is 5.73 Å². The second-order valence-corrected chi connectivity index (χ2v) is 5.33. The van der Waals surface area contributed by atoms with Gasteiger partial charge in [-0.05, 0) is 49.3 Å². The zero-order chi connectivity index (χ0) is 13.0. The lowest BCUT2D eigenvalue weighted by atomic mass is 9.83. The summed E-state index contributed by atoms with van der Waals surface area (Å²) in [4.78, 5) is 0. The van der Waals surface area contributed by atoms with E-state index in [0.717, 1.165) is 18.9 Å². The second-order valence-electron chi connectivity index (χ2n) is 5.33. The predicted octanol–water partition coefficient (Wildman–Crippen LogP) is 3.66. The highest BCUT2D eigenvalue weighted by atomic mass is 19.1. The van der Waals surface area contributed by atoms with Gasteiger partial charge < -0.3 is 5.73 Å². The molecule has 1 aromatic rings. The summed E-state index contributed by atoms with van der Waals surface area (Å²) in [5, 5.41) is 0. The first-order valence-corrected chi connectivity index (χ1v) is 6.84. The van der Waals surface area contributed by atoms with Crippen molar-refractivity contribution in [2.24, 2.45) is 17.6 Å². The average Bonchev–Trinajstić information content (AvgIpc) is 2.57. The molecule has 0 amide bonds. The topological polar surface area (TPSA) is 26.0 Å². The lowest BCUT2D eigenvalue weighted by molar-refractivity contribution is 0.315. The molecule has 100 valence electrons. The largest absolute Gasteiger partial charge is 0.330 e. The molecule has 0 aromatic heterocycles. The number of hydrogen-bond donors (Lipinski definition) is 1. The van der Waals surface area contributed by atoms with Crippen LogP contribution in [0.5, 0.6) is 0 Å². The maximum Gasteiger partial charge on any atom is 0.129 e. The smallest absolute Gasteiger partial charge is 0.129 e. The van der Waals surface area contributed by atoms with Gasteiger partial charge in [-0.1, -0.05) is 25.3 Å². The lowest BCUT2D eigenvalue weighted by Gasteiger charge is -2.24. The van der Waals surface area contributed by atoms with Crippen molar-refractivity contribution in [2.45, 2.75) is 38.5 Å². The highest BCUT2D eigenvalue weighted by Crippen LogP contribution is 2.31. The van der Waals surface area contributed by atoms with Crippen molar-refractivity contribution in [3.63, 3.8) is 0 Å². The lowest BCUT2D eigenvalue weighted by Crippen LogP contribution is -2.24. The van der Waals surface area contributed by atoms with Crippen LogP contribution in [0.1, 0.15) is 37.7 Å². The molecule has 2 rings (SSSR count). The molecule has 2 N–H and O–H groups in total. The van der Waals surface area contributed by atoms with Gasteiger partial charge in [0.1, 0.15) is 11.6 Å². The first-order chi connectivity index (χ1) is 8.70. The van der Waals surface area contributed by atoms with Crippen molar-refractivity contribution < 1.29 is 8.78 Å². The van der Waals surface area contributed by atoms with E-state index in [1.165, 1.54) is 25.3 Å². The zero-order valence-corrected chi connectivity index (χ0v) is 10.7. The van der Waals surface area contributed by atoms with Gasteiger partial charge >= 0.3 is 0 Å². The van der Waals surface area contributed by atoms with Crippen LogP contribution in [0.15, 0.2) is 18.2 Å². The molecule has 1 fully saturated rings. The van der Waals surface area contributed by atoms with Crippen LogP contribution in [0.25, 0.3) is 0 Å². The van der Waals surface area contributed by atoms with Gasteiger partial charge in [-0.25, -0.2) is 8.78 Å². The molecule has 1 aromatic carbocycles. The van der Waals surface area contributed by atoms with Gasteiger partial charge in [-0.2, -0.15) is 0 Å². The Kier molecular flexibility index (Phi) is 4.70. The predicted molar refractivity (Wildman–Crippen MR) is 69.2 cm³/mol. The molecular formula is C15H21F2N. The molecule has 2 atom stereocenters. The Morgan fingerprint density at radius 3 is 2.44 bits per heavy atom. The maximum absolute atomic E-state index is 13.7. The maximum atomic E-state index is 13.7. The third-order valence-electron chi connectivity index (χ3n) is 4.12. The molecular weight excluding hydrogens is 232 g/mol. The summed E-state index contributed by atoms with van der Waals surface area (Å²) in [7, 11) is 0. The molecule has 0 bridgehead atoms. The molecule has 1 aliphatic carbocycles. The van der Waals surface area contributed by atoms with E-state index in [1.807, 2.05) is 0 Å². The Balaban J connectivity index is 2.10. The van der Waals surface area contributed by atoms with E-state index in [2.05, 4.69) is 0 Å². The molecule has 2 unspecified atom stereocenters. The Hall–Kier alpha value is -0.960. The van der Waals surface area contributed by atoms with Crippen molar-refractivity contribution in [3.05, 3.63) is 35.4 Å². The van der Waals surface area contributed by atoms with E-state index < -0.39 is 11.6 Å². The van der Waals surface area contributed by atoms with E-state index in [1.54, 1.807) is 6.07 Å². The van der Waals surface area contributed by atoms with Crippen molar-refractivity contribution in [1.29, 1.82) is 0 Å². The molecule has 0 spiro atoms. The first-order valence-electron chi connectivity index (χ1n) is 6.84. The summed E-state index contributed by atoms with van der Waals surface area (Å²) < 4.78 is 26.5. The van der Waals surface area contributed by atoms with Gasteiger partial charge in [0.15, 0.2) is 0 Å². The SMILES string of the molecule is NCC1CCCCCC1Cc1ccc(F)cc1F. The van der Waals surface area contributed by atoms with Gasteiger partial charge in [-0.3, -0.25) is 0 Å². The average molecular weight is 253 g/mol. The summed E-state index contributed by atoms with van der Waals surface area (Å²) in [6.07, 6.45) is 6.61. The minimum Gasteiger partial charge on any atom is -0.330 e. The van der Waals surface area contributed by atoms with Crippen LogP contribution in [0.3, 0.4) is 0 Å². The summed E-state index contributed by atoms with van der Waals surface area (Å²) in [5.41, 5.74) is 6.45. The van der Waals surface area contributed by atoms with Crippen LogP contribution >= 0.6 is 0 Å². The van der Waals surface area contributed by atoms with Gasteiger partial charge in [0.25, 0.3) is 0 Å². The third-order valence-corrected chi connectivity index (χ3v) is 4.12. The molecule has 0 heterocycles. The normalized spacial score (nSPS) is 24.8. The number of nitrogens with two attached hydrogens (primary N) is 1. The van der Waals surface area contributed by atoms with Crippen LogP contribution in [0, 0.1) is 23.5 Å². The van der Waals surface area contributed by atoms with Crippen molar-refractivity contribution in [2.75, 3.05) is 6.54 Å². The fourth-order valence-corrected chi connectivity index (χ4v) is 3.01. The molecule has 1 aliphatic rings. The van der Waals surface area contributed by atoms with E-state index in [9.17, 15) is 8.78 Å². The zero-order valence-electron chi connectivity index (χ0n) is 10.7. The van der Waals surface area contributed by atoms with Crippen LogP contribution in [0.2, 0.25) is 0 Å². The van der Waals surface area contributed by atoms with Crippen molar-refractivity contribution in [3.8, 4) is 0 Å².